The van der Waals surface area contributed by atoms with Gasteiger partial charge in [0.15, 0.2) is 0 Å². The van der Waals surface area contributed by atoms with E-state index in [0.717, 1.165) is 5.56 Å². The summed E-state index contributed by atoms with van der Waals surface area (Å²) in [6.07, 6.45) is 0.821. The van der Waals surface area contributed by atoms with Gasteiger partial charge in [-0.05, 0) is 30.7 Å². The van der Waals surface area contributed by atoms with E-state index < -0.39 is 5.67 Å². The van der Waals surface area contributed by atoms with Gasteiger partial charge >= 0.3 is 0 Å². The van der Waals surface area contributed by atoms with E-state index in [1.807, 2.05) is 0 Å². The van der Waals surface area contributed by atoms with E-state index in [-0.39, 0.29) is 5.82 Å². The lowest BCUT2D eigenvalue weighted by atomic mass is 9.95. The highest BCUT2D eigenvalue weighted by molar-refractivity contribution is 5.19. The zero-order chi connectivity index (χ0) is 10.0. The Labute approximate surface area is 82.1 Å². The first-order valence-corrected chi connectivity index (χ1v) is 4.82. The molecule has 1 aliphatic rings. The molecule has 1 N–H and O–H groups in total. The van der Waals surface area contributed by atoms with Crippen LogP contribution in [0.5, 0.6) is 0 Å². The molecule has 1 nitrogen and oxygen atoms in total. The molecule has 1 unspecified atom stereocenters. The molecule has 1 aromatic rings. The number of nitrogens with one attached hydrogen (secondary N) is 1. The molecule has 0 amide bonds. The molecule has 0 radical (unpaired) electrons. The minimum atomic E-state index is -1.19. The summed E-state index contributed by atoms with van der Waals surface area (Å²) in [5, 5.41) is 2.98. The molecule has 1 atom stereocenters. The maximum atomic E-state index is 13.9. The summed E-state index contributed by atoms with van der Waals surface area (Å²) in [6, 6.07) is 6.17. The second-order valence-corrected chi connectivity index (χ2v) is 3.88. The molecular weight excluding hydrogens is 184 g/mol. The van der Waals surface area contributed by atoms with Crippen LogP contribution in [0.3, 0.4) is 0 Å². The fourth-order valence-corrected chi connectivity index (χ4v) is 1.88. The highest BCUT2D eigenvalue weighted by atomic mass is 19.1. The van der Waals surface area contributed by atoms with Crippen LogP contribution in [0.2, 0.25) is 0 Å². The molecule has 0 bridgehead atoms. The van der Waals surface area contributed by atoms with E-state index in [0.29, 0.717) is 25.9 Å². The summed E-state index contributed by atoms with van der Waals surface area (Å²) in [4.78, 5) is 0. The molecule has 3 heteroatoms. The molecule has 2 rings (SSSR count). The fraction of sp³-hybridized carbons (Fsp3) is 0.455. The molecule has 1 fully saturated rings. The van der Waals surface area contributed by atoms with Gasteiger partial charge in [-0.3, -0.25) is 0 Å². The van der Waals surface area contributed by atoms with Gasteiger partial charge in [0, 0.05) is 13.0 Å². The third-order valence-electron chi connectivity index (χ3n) is 2.60. The second kappa shape index (κ2) is 3.65. The molecule has 14 heavy (non-hydrogen) atoms. The van der Waals surface area contributed by atoms with Crippen molar-refractivity contribution in [1.82, 2.24) is 5.32 Å². The van der Waals surface area contributed by atoms with Crippen LogP contribution in [-0.2, 0) is 6.42 Å². The van der Waals surface area contributed by atoms with Gasteiger partial charge in [-0.2, -0.15) is 0 Å². The lowest BCUT2D eigenvalue weighted by Gasteiger charge is -2.17. The maximum absolute atomic E-state index is 13.9. The first-order chi connectivity index (χ1) is 6.68. The maximum Gasteiger partial charge on any atom is 0.128 e. The third-order valence-corrected chi connectivity index (χ3v) is 2.60. The monoisotopic (exact) mass is 197 g/mol. The summed E-state index contributed by atoms with van der Waals surface area (Å²) in [7, 11) is 0. The van der Waals surface area contributed by atoms with Crippen molar-refractivity contribution in [3.63, 3.8) is 0 Å². The van der Waals surface area contributed by atoms with Crippen LogP contribution < -0.4 is 5.32 Å². The normalized spacial score (nSPS) is 26.7. The van der Waals surface area contributed by atoms with Gasteiger partial charge in [0.2, 0.25) is 0 Å². The minimum Gasteiger partial charge on any atom is -0.313 e. The summed E-state index contributed by atoms with van der Waals surface area (Å²) in [5.41, 5.74) is -0.454. The Hall–Kier alpha value is -0.960. The predicted molar refractivity (Wildman–Crippen MR) is 51.4 cm³/mol. The standard InChI is InChI=1S/C11H13F2N/c12-10-3-1-2-9(6-10)7-11(13)4-5-14-8-11/h1-3,6,14H,4-5,7-8H2. The molecule has 1 heterocycles. The zero-order valence-corrected chi connectivity index (χ0v) is 7.89. The molecule has 1 saturated heterocycles. The molecule has 1 aliphatic heterocycles. The SMILES string of the molecule is Fc1cccc(CC2(F)CCNC2)c1. The average molecular weight is 197 g/mol. The first kappa shape index (κ1) is 9.59. The Kier molecular flexibility index (Phi) is 2.50. The predicted octanol–water partition coefficient (Wildman–Crippen LogP) is 2.07. The second-order valence-electron chi connectivity index (χ2n) is 3.88. The van der Waals surface area contributed by atoms with Crippen molar-refractivity contribution in [2.45, 2.75) is 18.5 Å². The van der Waals surface area contributed by atoms with E-state index in [9.17, 15) is 8.78 Å². The Morgan fingerprint density at radius 3 is 2.93 bits per heavy atom. The molecular formula is C11H13F2N. The van der Waals surface area contributed by atoms with Crippen LogP contribution in [0.15, 0.2) is 24.3 Å². The van der Waals surface area contributed by atoms with Gasteiger partial charge in [-0.25, -0.2) is 8.78 Å². The molecule has 0 aliphatic carbocycles. The van der Waals surface area contributed by atoms with Crippen molar-refractivity contribution in [1.29, 1.82) is 0 Å². The van der Waals surface area contributed by atoms with Gasteiger partial charge in [-0.15, -0.1) is 0 Å². The van der Waals surface area contributed by atoms with Crippen molar-refractivity contribution in [2.75, 3.05) is 13.1 Å². The molecule has 0 spiro atoms. The lowest BCUT2D eigenvalue weighted by Crippen LogP contribution is -2.28. The molecule has 0 saturated carbocycles. The number of benzene rings is 1. The Morgan fingerprint density at radius 1 is 1.43 bits per heavy atom. The lowest BCUT2D eigenvalue weighted by molar-refractivity contribution is 0.190. The summed E-state index contributed by atoms with van der Waals surface area (Å²) in [5.74, 6) is -0.294. The Morgan fingerprint density at radius 2 is 2.29 bits per heavy atom. The van der Waals surface area contributed by atoms with Crippen LogP contribution in [0.25, 0.3) is 0 Å². The molecule has 76 valence electrons. The van der Waals surface area contributed by atoms with Gasteiger partial charge < -0.3 is 5.32 Å². The van der Waals surface area contributed by atoms with Crippen molar-refractivity contribution in [2.24, 2.45) is 0 Å². The summed E-state index contributed by atoms with van der Waals surface area (Å²) >= 11 is 0. The quantitative estimate of drug-likeness (QED) is 0.765. The number of halogens is 2. The van der Waals surface area contributed by atoms with Crippen LogP contribution in [0.1, 0.15) is 12.0 Å². The van der Waals surface area contributed by atoms with Crippen LogP contribution in [-0.4, -0.2) is 18.8 Å². The average Bonchev–Trinajstić information content (AvgIpc) is 2.51. The number of rotatable bonds is 2. The van der Waals surface area contributed by atoms with Crippen LogP contribution in [0.4, 0.5) is 8.78 Å². The van der Waals surface area contributed by atoms with Crippen molar-refractivity contribution in [3.05, 3.63) is 35.6 Å². The smallest absolute Gasteiger partial charge is 0.128 e. The van der Waals surface area contributed by atoms with Gasteiger partial charge in [-0.1, -0.05) is 12.1 Å². The highest BCUT2D eigenvalue weighted by Gasteiger charge is 2.33. The highest BCUT2D eigenvalue weighted by Crippen LogP contribution is 2.24. The van der Waals surface area contributed by atoms with Crippen molar-refractivity contribution in [3.8, 4) is 0 Å². The van der Waals surface area contributed by atoms with Crippen LogP contribution in [0, 0.1) is 5.82 Å². The van der Waals surface area contributed by atoms with Gasteiger partial charge in [0.1, 0.15) is 11.5 Å². The minimum absolute atomic E-state index is 0.294. The third kappa shape index (κ3) is 2.10. The zero-order valence-electron chi connectivity index (χ0n) is 7.89. The molecule has 1 aromatic carbocycles. The largest absolute Gasteiger partial charge is 0.313 e. The van der Waals surface area contributed by atoms with Crippen molar-refractivity contribution >= 4 is 0 Å². The Balaban J connectivity index is 2.10. The van der Waals surface area contributed by atoms with E-state index in [1.54, 1.807) is 12.1 Å². The van der Waals surface area contributed by atoms with Gasteiger partial charge in [0.25, 0.3) is 0 Å². The Bertz CT molecular complexity index is 319. The summed E-state index contributed by atoms with van der Waals surface area (Å²) < 4.78 is 26.8. The topological polar surface area (TPSA) is 12.0 Å². The van der Waals surface area contributed by atoms with E-state index in [1.165, 1.54) is 12.1 Å². The first-order valence-electron chi connectivity index (χ1n) is 4.82. The number of hydrogen-bond donors (Lipinski definition) is 1. The van der Waals surface area contributed by atoms with Crippen LogP contribution >= 0.6 is 0 Å². The fourth-order valence-electron chi connectivity index (χ4n) is 1.88. The van der Waals surface area contributed by atoms with E-state index in [4.69, 9.17) is 0 Å². The van der Waals surface area contributed by atoms with Crippen molar-refractivity contribution < 1.29 is 8.78 Å². The number of alkyl halides is 1. The summed E-state index contributed by atoms with van der Waals surface area (Å²) in [6.45, 7) is 1.09. The molecule has 0 aromatic heterocycles. The van der Waals surface area contributed by atoms with Gasteiger partial charge in [0.05, 0.1) is 0 Å². The van der Waals surface area contributed by atoms with E-state index >= 15 is 0 Å². The van der Waals surface area contributed by atoms with E-state index in [2.05, 4.69) is 5.32 Å². The number of hydrogen-bond acceptors (Lipinski definition) is 1.